The molecule has 0 aromatic heterocycles. The molecule has 0 aliphatic heterocycles. The first-order chi connectivity index (χ1) is 32.8. The molecule has 0 saturated heterocycles. The highest BCUT2D eigenvalue weighted by Gasteiger charge is 2.31. The van der Waals surface area contributed by atoms with Gasteiger partial charge in [-0.15, -0.1) is 0 Å². The van der Waals surface area contributed by atoms with Gasteiger partial charge >= 0.3 is 23.9 Å². The minimum absolute atomic E-state index is 0.160. The Balaban J connectivity index is 1.28. The van der Waals surface area contributed by atoms with Crippen LogP contribution in [0.2, 0.25) is 0 Å². The fourth-order valence-electron chi connectivity index (χ4n) is 6.99. The van der Waals surface area contributed by atoms with E-state index in [4.69, 9.17) is 28.4 Å². The van der Waals surface area contributed by atoms with Crippen molar-refractivity contribution in [2.24, 2.45) is 0 Å². The summed E-state index contributed by atoms with van der Waals surface area (Å²) in [5, 5.41) is 0. The number of esters is 4. The van der Waals surface area contributed by atoms with E-state index < -0.39 is 46.7 Å². The number of carbonyl (C=O) groups is 4. The highest BCUT2D eigenvalue weighted by Crippen LogP contribution is 2.36. The van der Waals surface area contributed by atoms with Gasteiger partial charge in [-0.1, -0.05) is 129 Å². The monoisotopic (exact) mass is 954 g/mol. The number of halogens is 4. The number of hydrogen-bond acceptors (Lipinski definition) is 10. The molecule has 0 atom stereocenters. The quantitative estimate of drug-likeness (QED) is 0.0139. The maximum Gasteiger partial charge on any atom is 0.343 e. The molecule has 0 spiro atoms. The normalized spacial score (nSPS) is 10.9. The minimum Gasteiger partial charge on any atom is -0.494 e. The Labute approximate surface area is 399 Å². The average Bonchev–Trinajstić information content (AvgIpc) is 3.33. The highest BCUT2D eigenvalue weighted by molar-refractivity contribution is 5.92. The van der Waals surface area contributed by atoms with Crippen molar-refractivity contribution in [1.82, 2.24) is 0 Å². The van der Waals surface area contributed by atoms with Gasteiger partial charge in [-0.25, -0.2) is 19.2 Å². The second kappa shape index (κ2) is 32.9. The van der Waals surface area contributed by atoms with Crippen LogP contribution in [0.5, 0.6) is 23.0 Å². The lowest BCUT2D eigenvalue weighted by molar-refractivity contribution is -0.139. The fourth-order valence-corrected chi connectivity index (χ4v) is 6.99. The van der Waals surface area contributed by atoms with Crippen LogP contribution in [-0.4, -0.2) is 50.3 Å². The van der Waals surface area contributed by atoms with Crippen LogP contribution >= 0.6 is 0 Å². The van der Waals surface area contributed by atoms with E-state index in [1.807, 2.05) is 0 Å². The summed E-state index contributed by atoms with van der Waals surface area (Å²) in [4.78, 5) is 48.2. The van der Waals surface area contributed by atoms with Gasteiger partial charge in [0.1, 0.15) is 11.5 Å². The predicted molar refractivity (Wildman–Crippen MR) is 253 cm³/mol. The summed E-state index contributed by atoms with van der Waals surface area (Å²) in [6.45, 7) is 12.2. The molecule has 0 aliphatic rings. The zero-order chi connectivity index (χ0) is 49.5. The number of rotatable bonds is 36. The van der Waals surface area contributed by atoms with Crippen LogP contribution in [0, 0.1) is 23.3 Å². The summed E-state index contributed by atoms with van der Waals surface area (Å²) in [5.41, 5.74) is 0.517. The maximum atomic E-state index is 15.0. The third-order valence-electron chi connectivity index (χ3n) is 11.0. The summed E-state index contributed by atoms with van der Waals surface area (Å²) in [7, 11) is 0. The molecule has 0 N–H and O–H groups in total. The lowest BCUT2D eigenvalue weighted by atomic mass is 10.1. The smallest absolute Gasteiger partial charge is 0.343 e. The van der Waals surface area contributed by atoms with Crippen molar-refractivity contribution in [3.8, 4) is 23.0 Å². The summed E-state index contributed by atoms with van der Waals surface area (Å²) in [6, 6.07) is 11.0. The average molecular weight is 955 g/mol. The molecule has 0 unspecified atom stereocenters. The Kier molecular flexibility index (Phi) is 27.4. The summed E-state index contributed by atoms with van der Waals surface area (Å²) < 4.78 is 91.1. The largest absolute Gasteiger partial charge is 0.494 e. The molecular formula is C54H70F4O10. The summed E-state index contributed by atoms with van der Waals surface area (Å²) >= 11 is 0. The number of ether oxygens (including phenoxy) is 6. The van der Waals surface area contributed by atoms with Gasteiger partial charge in [-0.3, -0.25) is 0 Å². The first-order valence-electron chi connectivity index (χ1n) is 24.2. The highest BCUT2D eigenvalue weighted by atomic mass is 19.2. The number of benzene rings is 3. The van der Waals surface area contributed by atoms with E-state index in [0.717, 1.165) is 103 Å². The number of unbranched alkanes of at least 4 members (excludes halogenated alkanes) is 20. The Morgan fingerprint density at radius 2 is 0.618 bits per heavy atom. The van der Waals surface area contributed by atoms with Gasteiger partial charge in [0, 0.05) is 11.1 Å². The van der Waals surface area contributed by atoms with Gasteiger partial charge in [0.2, 0.25) is 34.8 Å². The molecule has 14 heteroatoms. The van der Waals surface area contributed by atoms with E-state index in [-0.39, 0.29) is 23.1 Å². The van der Waals surface area contributed by atoms with Crippen LogP contribution in [0.25, 0.3) is 0 Å². The van der Waals surface area contributed by atoms with Gasteiger partial charge in [0.25, 0.3) is 0 Å². The van der Waals surface area contributed by atoms with Gasteiger partial charge in [-0.05, 0) is 88.1 Å². The van der Waals surface area contributed by atoms with Crippen molar-refractivity contribution in [2.75, 3.05) is 26.4 Å². The molecule has 374 valence electrons. The van der Waals surface area contributed by atoms with Gasteiger partial charge in [0.15, 0.2) is 0 Å². The maximum absolute atomic E-state index is 15.0. The van der Waals surface area contributed by atoms with Crippen LogP contribution < -0.4 is 18.9 Å². The first-order valence-corrected chi connectivity index (χ1v) is 24.2. The second-order valence-corrected chi connectivity index (χ2v) is 17.0. The van der Waals surface area contributed by atoms with Crippen LogP contribution in [0.15, 0.2) is 72.8 Å². The van der Waals surface area contributed by atoms with Gasteiger partial charge in [0.05, 0.1) is 37.6 Å². The molecule has 0 aliphatic carbocycles. The molecule has 0 bridgehead atoms. The van der Waals surface area contributed by atoms with Crippen molar-refractivity contribution in [3.63, 3.8) is 0 Å². The molecule has 3 aromatic carbocycles. The second-order valence-electron chi connectivity index (χ2n) is 17.0. The molecule has 3 aromatic rings. The summed E-state index contributed by atoms with van der Waals surface area (Å²) in [5.74, 6) is -13.8. The van der Waals surface area contributed by atoms with Crippen molar-refractivity contribution >= 4 is 23.9 Å². The zero-order valence-electron chi connectivity index (χ0n) is 40.0. The third kappa shape index (κ3) is 22.0. The van der Waals surface area contributed by atoms with Gasteiger partial charge in [-0.2, -0.15) is 17.6 Å². The number of carbonyl (C=O) groups excluding carboxylic acids is 4. The van der Waals surface area contributed by atoms with Crippen LogP contribution in [0.3, 0.4) is 0 Å². The fraction of sp³-hybridized carbons (Fsp3) is 0.519. The predicted octanol–water partition coefficient (Wildman–Crippen LogP) is 14.3. The minimum atomic E-state index is -2.06. The molecule has 0 amide bonds. The van der Waals surface area contributed by atoms with Crippen LogP contribution in [0.1, 0.15) is 176 Å². The Hall–Kier alpha value is -5.66. The lowest BCUT2D eigenvalue weighted by Crippen LogP contribution is -2.16. The molecular weight excluding hydrogens is 885 g/mol. The molecule has 0 radical (unpaired) electrons. The lowest BCUT2D eigenvalue weighted by Gasteiger charge is -2.13. The van der Waals surface area contributed by atoms with Crippen molar-refractivity contribution in [2.45, 2.75) is 155 Å². The Bertz CT molecular complexity index is 1860. The third-order valence-corrected chi connectivity index (χ3v) is 11.0. The standard InChI is InChI=1S/C54H70F4O10/c1-39(2)51(59)65-37-25-21-17-13-9-5-7-11-15-19-23-35-63-43-31-27-41(28-32-43)53(61)67-49-45(55)47(57)50(48(58)46(49)56)68-54(62)42-29-33-44(34-30-42)64-36-24-20-16-12-8-6-10-14-18-22-26-38-66-52(60)40(3)4/h27-34H,1,3,5-26,35-38H2,2,4H3. The van der Waals surface area contributed by atoms with E-state index in [2.05, 4.69) is 13.2 Å². The number of hydrogen-bond donors (Lipinski definition) is 0. The van der Waals surface area contributed by atoms with Crippen molar-refractivity contribution in [3.05, 3.63) is 107 Å². The topological polar surface area (TPSA) is 124 Å². The SMILES string of the molecule is C=C(C)C(=O)OCCCCCCCCCCCCCOc1ccc(C(=O)Oc2c(F)c(F)c(OC(=O)c3ccc(OCCCCCCCCCCCCCOC(=O)C(=C)C)cc3)c(F)c2F)cc1. The van der Waals surface area contributed by atoms with Gasteiger partial charge < -0.3 is 28.4 Å². The zero-order valence-corrected chi connectivity index (χ0v) is 40.0. The molecule has 68 heavy (non-hydrogen) atoms. The molecule has 3 rings (SSSR count). The molecule has 10 nitrogen and oxygen atoms in total. The van der Waals surface area contributed by atoms with Crippen LogP contribution in [0.4, 0.5) is 17.6 Å². The van der Waals surface area contributed by atoms with E-state index in [1.165, 1.54) is 87.1 Å². The first kappa shape index (κ1) is 56.7. The molecule has 0 heterocycles. The Morgan fingerprint density at radius 1 is 0.382 bits per heavy atom. The van der Waals surface area contributed by atoms with E-state index in [1.54, 1.807) is 13.8 Å². The molecule has 0 saturated carbocycles. The van der Waals surface area contributed by atoms with E-state index in [9.17, 15) is 36.7 Å². The van der Waals surface area contributed by atoms with E-state index >= 15 is 0 Å². The van der Waals surface area contributed by atoms with Crippen LogP contribution in [-0.2, 0) is 19.1 Å². The Morgan fingerprint density at radius 3 is 0.868 bits per heavy atom. The summed E-state index contributed by atoms with van der Waals surface area (Å²) in [6.07, 6.45) is 23.5. The van der Waals surface area contributed by atoms with Crippen molar-refractivity contribution < 1.29 is 65.2 Å². The molecule has 0 fully saturated rings. The van der Waals surface area contributed by atoms with Crippen molar-refractivity contribution in [1.29, 1.82) is 0 Å². The van der Waals surface area contributed by atoms with E-state index in [0.29, 0.717) is 49.1 Å².